The predicted octanol–water partition coefficient (Wildman–Crippen LogP) is 4.40. The van der Waals surface area contributed by atoms with Crippen LogP contribution in [0.1, 0.15) is 10.5 Å². The van der Waals surface area contributed by atoms with E-state index in [0.29, 0.717) is 15.8 Å². The average Bonchev–Trinajstić information content (AvgIpc) is 3.16. The Morgan fingerprint density at radius 3 is 2.69 bits per heavy atom. The summed E-state index contributed by atoms with van der Waals surface area (Å²) in [6.07, 6.45) is 1.56. The van der Waals surface area contributed by atoms with Crippen LogP contribution in [0.3, 0.4) is 0 Å². The molecule has 11 heteroatoms. The van der Waals surface area contributed by atoms with Gasteiger partial charge in [-0.25, -0.2) is 4.68 Å². The number of nitro groups is 1. The highest BCUT2D eigenvalue weighted by molar-refractivity contribution is 6.35. The SMILES string of the molecule is COc1cc([N+](=O)[O-])ccc1NC(=O)c1ccn(COc2ccc(Cl)cc2Cl)n1. The summed E-state index contributed by atoms with van der Waals surface area (Å²) in [5.41, 5.74) is 0.250. The monoisotopic (exact) mass is 436 g/mol. The molecule has 3 aromatic rings. The lowest BCUT2D eigenvalue weighted by molar-refractivity contribution is -0.384. The van der Waals surface area contributed by atoms with Crippen molar-refractivity contribution in [1.29, 1.82) is 0 Å². The van der Waals surface area contributed by atoms with Crippen LogP contribution in [0.4, 0.5) is 11.4 Å². The number of nitrogens with one attached hydrogen (secondary N) is 1. The van der Waals surface area contributed by atoms with E-state index in [1.165, 1.54) is 36.1 Å². The molecule has 0 spiro atoms. The minimum atomic E-state index is -0.553. The number of benzene rings is 2. The second kappa shape index (κ2) is 8.80. The van der Waals surface area contributed by atoms with Crippen LogP contribution in [0.5, 0.6) is 11.5 Å². The van der Waals surface area contributed by atoms with Gasteiger partial charge in [-0.05, 0) is 30.3 Å². The highest BCUT2D eigenvalue weighted by Gasteiger charge is 2.16. The zero-order chi connectivity index (χ0) is 21.0. The number of nitrogens with zero attached hydrogens (tertiary/aromatic N) is 3. The molecule has 0 aliphatic heterocycles. The number of carbonyl (C=O) groups excluding carboxylic acids is 1. The van der Waals surface area contributed by atoms with E-state index in [1.54, 1.807) is 24.4 Å². The van der Waals surface area contributed by atoms with Crippen molar-refractivity contribution in [2.45, 2.75) is 6.73 Å². The lowest BCUT2D eigenvalue weighted by Crippen LogP contribution is -2.15. The summed E-state index contributed by atoms with van der Waals surface area (Å²) >= 11 is 11.9. The van der Waals surface area contributed by atoms with E-state index in [4.69, 9.17) is 32.7 Å². The van der Waals surface area contributed by atoms with Gasteiger partial charge in [-0.1, -0.05) is 23.2 Å². The molecule has 0 atom stereocenters. The standard InChI is InChI=1S/C18H14Cl2N4O5/c1-28-17-9-12(24(26)27)3-4-14(17)21-18(25)15-6-7-23(22-15)10-29-16-5-2-11(19)8-13(16)20/h2-9H,10H2,1H3,(H,21,25). The van der Waals surface area contributed by atoms with Gasteiger partial charge in [0.05, 0.1) is 28.8 Å². The molecule has 0 unspecified atom stereocenters. The lowest BCUT2D eigenvalue weighted by Gasteiger charge is -2.09. The minimum absolute atomic E-state index is 0.0233. The van der Waals surface area contributed by atoms with E-state index in [1.807, 2.05) is 0 Å². The van der Waals surface area contributed by atoms with Crippen LogP contribution in [0.15, 0.2) is 48.7 Å². The third kappa shape index (κ3) is 4.95. The largest absolute Gasteiger partial charge is 0.494 e. The Labute approximate surface area is 174 Å². The Morgan fingerprint density at radius 2 is 2.00 bits per heavy atom. The molecular weight excluding hydrogens is 423 g/mol. The number of nitro benzene ring substituents is 1. The Kier molecular flexibility index (Phi) is 6.20. The number of aromatic nitrogens is 2. The van der Waals surface area contributed by atoms with Crippen LogP contribution in [0.2, 0.25) is 10.0 Å². The van der Waals surface area contributed by atoms with Crippen molar-refractivity contribution in [2.75, 3.05) is 12.4 Å². The smallest absolute Gasteiger partial charge is 0.276 e. The maximum atomic E-state index is 12.4. The summed E-state index contributed by atoms with van der Waals surface area (Å²) in [6, 6.07) is 10.2. The van der Waals surface area contributed by atoms with Crippen LogP contribution in [0.25, 0.3) is 0 Å². The predicted molar refractivity (Wildman–Crippen MR) is 107 cm³/mol. The normalized spacial score (nSPS) is 10.4. The molecule has 0 saturated carbocycles. The summed E-state index contributed by atoms with van der Waals surface area (Å²) < 4.78 is 12.1. The highest BCUT2D eigenvalue weighted by Crippen LogP contribution is 2.29. The Hall–Kier alpha value is -3.30. The number of rotatable bonds is 7. The number of carbonyl (C=O) groups is 1. The van der Waals surface area contributed by atoms with E-state index >= 15 is 0 Å². The van der Waals surface area contributed by atoms with Crippen molar-refractivity contribution in [2.24, 2.45) is 0 Å². The average molecular weight is 437 g/mol. The van der Waals surface area contributed by atoms with Crippen LogP contribution in [-0.4, -0.2) is 27.7 Å². The number of halogens is 2. The molecule has 1 aromatic heterocycles. The molecule has 1 N–H and O–H groups in total. The number of non-ortho nitro benzene ring substituents is 1. The van der Waals surface area contributed by atoms with Crippen molar-refractivity contribution in [3.05, 3.63) is 74.5 Å². The maximum Gasteiger partial charge on any atom is 0.276 e. The van der Waals surface area contributed by atoms with Gasteiger partial charge in [-0.15, -0.1) is 0 Å². The van der Waals surface area contributed by atoms with Crippen LogP contribution in [-0.2, 0) is 6.73 Å². The van der Waals surface area contributed by atoms with Crippen molar-refractivity contribution < 1.29 is 19.2 Å². The molecule has 0 saturated heterocycles. The Balaban J connectivity index is 1.67. The molecule has 9 nitrogen and oxygen atoms in total. The van der Waals surface area contributed by atoms with Gasteiger partial charge in [0.2, 0.25) is 0 Å². The molecule has 2 aromatic carbocycles. The Morgan fingerprint density at radius 1 is 1.21 bits per heavy atom. The summed E-state index contributed by atoms with van der Waals surface area (Å²) in [5, 5.41) is 18.4. The first-order chi connectivity index (χ1) is 13.9. The molecule has 1 heterocycles. The molecule has 1 amide bonds. The minimum Gasteiger partial charge on any atom is -0.494 e. The topological polar surface area (TPSA) is 109 Å². The van der Waals surface area contributed by atoms with Crippen molar-refractivity contribution in [3.63, 3.8) is 0 Å². The van der Waals surface area contributed by atoms with Gasteiger partial charge in [-0.2, -0.15) is 5.10 Å². The fraction of sp³-hybridized carbons (Fsp3) is 0.111. The Bertz CT molecular complexity index is 1070. The van der Waals surface area contributed by atoms with Crippen LogP contribution in [0, 0.1) is 10.1 Å². The molecule has 0 bridgehead atoms. The van der Waals surface area contributed by atoms with Gasteiger partial charge in [0.25, 0.3) is 11.6 Å². The molecule has 0 aliphatic carbocycles. The van der Waals surface area contributed by atoms with Crippen molar-refractivity contribution in [3.8, 4) is 11.5 Å². The lowest BCUT2D eigenvalue weighted by atomic mass is 10.2. The van der Waals surface area contributed by atoms with E-state index in [-0.39, 0.29) is 29.5 Å². The first kappa shape index (κ1) is 20.4. The maximum absolute atomic E-state index is 12.4. The van der Waals surface area contributed by atoms with Crippen LogP contribution >= 0.6 is 23.2 Å². The van der Waals surface area contributed by atoms with Gasteiger partial charge in [0.1, 0.15) is 11.5 Å². The zero-order valence-electron chi connectivity index (χ0n) is 15.0. The molecule has 150 valence electrons. The second-order valence-electron chi connectivity index (χ2n) is 5.68. The number of anilines is 1. The molecule has 0 fully saturated rings. The van der Waals surface area contributed by atoms with Gasteiger partial charge in [0.15, 0.2) is 12.4 Å². The number of ether oxygens (including phenoxy) is 2. The molecule has 29 heavy (non-hydrogen) atoms. The van der Waals surface area contributed by atoms with Crippen molar-refractivity contribution in [1.82, 2.24) is 9.78 Å². The quantitative estimate of drug-likeness (QED) is 0.434. The summed E-state index contributed by atoms with van der Waals surface area (Å²) in [6.45, 7) is 0.0233. The third-order valence-corrected chi connectivity index (χ3v) is 4.29. The molecule has 3 rings (SSSR count). The van der Waals surface area contributed by atoms with E-state index in [2.05, 4.69) is 10.4 Å². The highest BCUT2D eigenvalue weighted by atomic mass is 35.5. The van der Waals surface area contributed by atoms with Crippen molar-refractivity contribution >= 4 is 40.5 Å². The fourth-order valence-electron chi connectivity index (χ4n) is 2.37. The number of hydrogen-bond donors (Lipinski definition) is 1. The van der Waals surface area contributed by atoms with Gasteiger partial charge < -0.3 is 14.8 Å². The second-order valence-corrected chi connectivity index (χ2v) is 6.53. The zero-order valence-corrected chi connectivity index (χ0v) is 16.5. The van der Waals surface area contributed by atoms with E-state index < -0.39 is 10.8 Å². The summed E-state index contributed by atoms with van der Waals surface area (Å²) in [4.78, 5) is 22.7. The number of hydrogen-bond acceptors (Lipinski definition) is 6. The molecular formula is C18H14Cl2N4O5. The van der Waals surface area contributed by atoms with Gasteiger partial charge in [0, 0.05) is 17.3 Å². The summed E-state index contributed by atoms with van der Waals surface area (Å²) in [5.74, 6) is 0.0707. The van der Waals surface area contributed by atoms with E-state index in [9.17, 15) is 14.9 Å². The fourth-order valence-corrected chi connectivity index (χ4v) is 2.83. The first-order valence-electron chi connectivity index (χ1n) is 8.12. The molecule has 0 aliphatic rings. The van der Waals surface area contributed by atoms with E-state index in [0.717, 1.165) is 0 Å². The third-order valence-electron chi connectivity index (χ3n) is 3.76. The number of methoxy groups -OCH3 is 1. The first-order valence-corrected chi connectivity index (χ1v) is 8.88. The number of amides is 1. The molecule has 0 radical (unpaired) electrons. The van der Waals surface area contributed by atoms with Gasteiger partial charge >= 0.3 is 0 Å². The van der Waals surface area contributed by atoms with Crippen LogP contribution < -0.4 is 14.8 Å². The van der Waals surface area contributed by atoms with Gasteiger partial charge in [-0.3, -0.25) is 14.9 Å². The summed E-state index contributed by atoms with van der Waals surface area (Å²) in [7, 11) is 1.35.